The summed E-state index contributed by atoms with van der Waals surface area (Å²) >= 11 is 1.18. The van der Waals surface area contributed by atoms with Crippen molar-refractivity contribution in [1.29, 1.82) is 0 Å². The Labute approximate surface area is 205 Å². The lowest BCUT2D eigenvalue weighted by Gasteiger charge is -2.26. The summed E-state index contributed by atoms with van der Waals surface area (Å²) < 4.78 is 33.8. The summed E-state index contributed by atoms with van der Waals surface area (Å²) in [7, 11) is -2.29. The third-order valence-electron chi connectivity index (χ3n) is 5.79. The van der Waals surface area contributed by atoms with Crippen LogP contribution in [-0.4, -0.2) is 44.8 Å². The molecule has 0 saturated carbocycles. The van der Waals surface area contributed by atoms with Crippen LogP contribution < -0.4 is 19.3 Å². The minimum absolute atomic E-state index is 0.0177. The molecule has 1 saturated heterocycles. The maximum atomic E-state index is 12.9. The minimum Gasteiger partial charge on any atom is -0.482 e. The first-order valence-corrected chi connectivity index (χ1v) is 12.9. The molecule has 12 heteroatoms. The quantitative estimate of drug-likeness (QED) is 0.521. The van der Waals surface area contributed by atoms with Crippen LogP contribution in [0.3, 0.4) is 0 Å². The van der Waals surface area contributed by atoms with E-state index in [2.05, 4.69) is 9.71 Å². The zero-order chi connectivity index (χ0) is 24.9. The van der Waals surface area contributed by atoms with Crippen molar-refractivity contribution in [3.05, 3.63) is 47.3 Å². The summed E-state index contributed by atoms with van der Waals surface area (Å²) in [6.45, 7) is 1.81. The number of amides is 3. The Morgan fingerprint density at radius 3 is 2.37 bits per heavy atom. The number of imide groups is 1. The summed E-state index contributed by atoms with van der Waals surface area (Å²) in [4.78, 5) is 43.6. The molecule has 0 spiro atoms. The molecule has 0 atom stereocenters. The number of hydrogen-bond acceptors (Lipinski definition) is 8. The van der Waals surface area contributed by atoms with Gasteiger partial charge in [-0.2, -0.15) is 0 Å². The average Bonchev–Trinajstić information content (AvgIpc) is 3.36. The SMILES string of the molecule is Cc1sc(NS(=O)(=O)c2ccc(N3C(=O)CCC3=O)cc2)nc1-c1ccc2c(c1)N(C)C(=O)CO2. The van der Waals surface area contributed by atoms with Crippen LogP contribution >= 0.6 is 11.3 Å². The third-order valence-corrected chi connectivity index (χ3v) is 8.16. The first-order chi connectivity index (χ1) is 16.6. The topological polar surface area (TPSA) is 126 Å². The molecule has 2 aliphatic heterocycles. The molecule has 180 valence electrons. The monoisotopic (exact) mass is 512 g/mol. The average molecular weight is 513 g/mol. The Balaban J connectivity index is 1.38. The summed E-state index contributed by atoms with van der Waals surface area (Å²) in [6, 6.07) is 10.9. The number of carbonyl (C=O) groups excluding carboxylic acids is 3. The highest BCUT2D eigenvalue weighted by Gasteiger charge is 2.30. The lowest BCUT2D eigenvalue weighted by Crippen LogP contribution is -2.35. The van der Waals surface area contributed by atoms with Gasteiger partial charge < -0.3 is 9.64 Å². The standard InChI is InChI=1S/C23H20N4O6S2/c1-13-22(14-3-8-18-17(11-14)26(2)21(30)12-33-18)24-23(34-13)25-35(31,32)16-6-4-15(5-7-16)27-19(28)9-10-20(27)29/h3-8,11H,9-10,12H2,1-2H3,(H,24,25). The highest BCUT2D eigenvalue weighted by molar-refractivity contribution is 7.93. The van der Waals surface area contributed by atoms with E-state index in [0.29, 0.717) is 22.8 Å². The number of carbonyl (C=O) groups is 3. The Morgan fingerprint density at radius 1 is 1.00 bits per heavy atom. The summed E-state index contributed by atoms with van der Waals surface area (Å²) in [5.74, 6) is -0.189. The van der Waals surface area contributed by atoms with Crippen molar-refractivity contribution in [2.45, 2.75) is 24.7 Å². The van der Waals surface area contributed by atoms with Crippen molar-refractivity contribution in [1.82, 2.24) is 4.98 Å². The van der Waals surface area contributed by atoms with Gasteiger partial charge in [0.05, 0.1) is 22.0 Å². The van der Waals surface area contributed by atoms with Gasteiger partial charge in [0, 0.05) is 30.3 Å². The molecule has 0 aliphatic carbocycles. The second kappa shape index (κ2) is 8.47. The number of anilines is 3. The molecule has 35 heavy (non-hydrogen) atoms. The fraction of sp³-hybridized carbons (Fsp3) is 0.217. The normalized spacial score (nSPS) is 15.9. The highest BCUT2D eigenvalue weighted by atomic mass is 32.2. The van der Waals surface area contributed by atoms with Crippen LogP contribution in [-0.2, 0) is 24.4 Å². The molecule has 3 aromatic rings. The van der Waals surface area contributed by atoms with Crippen LogP contribution in [0, 0.1) is 6.92 Å². The van der Waals surface area contributed by atoms with Crippen molar-refractivity contribution in [3.63, 3.8) is 0 Å². The molecule has 2 aliphatic rings. The van der Waals surface area contributed by atoms with E-state index in [1.54, 1.807) is 19.2 Å². The van der Waals surface area contributed by atoms with Crippen molar-refractivity contribution >= 4 is 55.6 Å². The third kappa shape index (κ3) is 4.15. The second-order valence-corrected chi connectivity index (χ2v) is 11.0. The van der Waals surface area contributed by atoms with Gasteiger partial charge in [0.1, 0.15) is 5.75 Å². The molecule has 2 aromatic carbocycles. The number of aromatic nitrogens is 1. The van der Waals surface area contributed by atoms with Crippen LogP contribution in [0.2, 0.25) is 0 Å². The van der Waals surface area contributed by atoms with Gasteiger partial charge in [0.25, 0.3) is 15.9 Å². The van der Waals surface area contributed by atoms with E-state index in [-0.39, 0.29) is 47.2 Å². The molecule has 1 fully saturated rings. The second-order valence-electron chi connectivity index (χ2n) is 8.07. The van der Waals surface area contributed by atoms with Gasteiger partial charge in [-0.1, -0.05) is 0 Å². The number of benzene rings is 2. The highest BCUT2D eigenvalue weighted by Crippen LogP contribution is 2.38. The van der Waals surface area contributed by atoms with E-state index in [0.717, 1.165) is 15.3 Å². The van der Waals surface area contributed by atoms with E-state index in [1.165, 1.54) is 40.5 Å². The van der Waals surface area contributed by atoms with Gasteiger partial charge in [-0.05, 0) is 49.4 Å². The van der Waals surface area contributed by atoms with Gasteiger partial charge in [-0.3, -0.25) is 24.0 Å². The molecule has 1 N–H and O–H groups in total. The van der Waals surface area contributed by atoms with E-state index in [1.807, 2.05) is 13.0 Å². The van der Waals surface area contributed by atoms with E-state index < -0.39 is 10.0 Å². The molecule has 3 heterocycles. The molecule has 10 nitrogen and oxygen atoms in total. The van der Waals surface area contributed by atoms with Crippen LogP contribution in [0.1, 0.15) is 17.7 Å². The number of thiazole rings is 1. The first kappa shape index (κ1) is 23.0. The molecule has 0 radical (unpaired) electrons. The number of ether oxygens (including phenoxy) is 1. The molecular formula is C23H20N4O6S2. The molecule has 1 aromatic heterocycles. The minimum atomic E-state index is -3.96. The number of hydrogen-bond donors (Lipinski definition) is 1. The Kier molecular flexibility index (Phi) is 5.56. The number of rotatable bonds is 5. The predicted molar refractivity (Wildman–Crippen MR) is 130 cm³/mol. The van der Waals surface area contributed by atoms with Gasteiger partial charge in [-0.15, -0.1) is 11.3 Å². The number of nitrogens with zero attached hydrogens (tertiary/aromatic N) is 3. The maximum absolute atomic E-state index is 12.9. The summed E-state index contributed by atoms with van der Waals surface area (Å²) in [5, 5.41) is 0.185. The largest absolute Gasteiger partial charge is 0.482 e. The lowest BCUT2D eigenvalue weighted by atomic mass is 10.1. The predicted octanol–water partition coefficient (Wildman–Crippen LogP) is 2.93. The first-order valence-electron chi connectivity index (χ1n) is 10.6. The molecule has 3 amide bonds. The zero-order valence-electron chi connectivity index (χ0n) is 18.8. The summed E-state index contributed by atoms with van der Waals surface area (Å²) in [6.07, 6.45) is 0.298. The smallest absolute Gasteiger partial charge is 0.264 e. The van der Waals surface area contributed by atoms with E-state index in [9.17, 15) is 22.8 Å². The molecular weight excluding hydrogens is 492 g/mol. The Bertz CT molecular complexity index is 1460. The lowest BCUT2D eigenvalue weighted by molar-refractivity contribution is -0.122. The molecule has 5 rings (SSSR count). The number of fused-ring (bicyclic) bond motifs is 1. The zero-order valence-corrected chi connectivity index (χ0v) is 20.4. The van der Waals surface area contributed by atoms with Crippen molar-refractivity contribution in [2.24, 2.45) is 0 Å². The van der Waals surface area contributed by atoms with Crippen LogP contribution in [0.4, 0.5) is 16.5 Å². The van der Waals surface area contributed by atoms with Gasteiger partial charge in [0.15, 0.2) is 11.7 Å². The maximum Gasteiger partial charge on any atom is 0.264 e. The van der Waals surface area contributed by atoms with Gasteiger partial charge >= 0.3 is 0 Å². The van der Waals surface area contributed by atoms with Crippen LogP contribution in [0.15, 0.2) is 47.4 Å². The van der Waals surface area contributed by atoms with Crippen molar-refractivity contribution in [3.8, 4) is 17.0 Å². The number of likely N-dealkylation sites (N-methyl/N-ethyl adjacent to an activating group) is 1. The Morgan fingerprint density at radius 2 is 1.69 bits per heavy atom. The molecule has 0 unspecified atom stereocenters. The fourth-order valence-electron chi connectivity index (χ4n) is 3.94. The van der Waals surface area contributed by atoms with Crippen LogP contribution in [0.25, 0.3) is 11.3 Å². The summed E-state index contributed by atoms with van der Waals surface area (Å²) in [5.41, 5.74) is 2.26. The van der Waals surface area contributed by atoms with Crippen LogP contribution in [0.5, 0.6) is 5.75 Å². The number of aryl methyl sites for hydroxylation is 1. The van der Waals surface area contributed by atoms with E-state index in [4.69, 9.17) is 4.74 Å². The molecule has 0 bridgehead atoms. The van der Waals surface area contributed by atoms with E-state index >= 15 is 0 Å². The van der Waals surface area contributed by atoms with Gasteiger partial charge in [0.2, 0.25) is 11.8 Å². The van der Waals surface area contributed by atoms with Gasteiger partial charge in [-0.25, -0.2) is 13.4 Å². The fourth-order valence-corrected chi connectivity index (χ4v) is 6.01. The number of sulfonamides is 1. The van der Waals surface area contributed by atoms with Crippen molar-refractivity contribution < 1.29 is 27.5 Å². The number of nitrogens with one attached hydrogen (secondary N) is 1. The van der Waals surface area contributed by atoms with Crippen molar-refractivity contribution in [2.75, 3.05) is 28.2 Å². The Hall–Kier alpha value is -3.77.